The highest BCUT2D eigenvalue weighted by Crippen LogP contribution is 2.19. The Morgan fingerprint density at radius 1 is 1.35 bits per heavy atom. The quantitative estimate of drug-likeness (QED) is 0.913. The minimum Gasteiger partial charge on any atom is -0.293 e. The van der Waals surface area contributed by atoms with Crippen molar-refractivity contribution >= 4 is 11.9 Å². The maximum absolute atomic E-state index is 12.4. The lowest BCUT2D eigenvalue weighted by atomic mass is 10.0. The molecule has 23 heavy (non-hydrogen) atoms. The molecule has 1 atom stereocenters. The summed E-state index contributed by atoms with van der Waals surface area (Å²) >= 11 is 0. The van der Waals surface area contributed by atoms with E-state index in [1.807, 2.05) is 20.0 Å². The van der Waals surface area contributed by atoms with Crippen LogP contribution in [0.4, 0.5) is 5.95 Å². The molecule has 120 valence electrons. The highest BCUT2D eigenvalue weighted by molar-refractivity contribution is 5.93. The normalized spacial score (nSPS) is 15.7. The molecule has 0 spiro atoms. The van der Waals surface area contributed by atoms with E-state index in [1.165, 1.54) is 5.56 Å². The summed E-state index contributed by atoms with van der Waals surface area (Å²) in [5.41, 5.74) is 2.20. The number of aryl methyl sites for hydroxylation is 1. The molecular formula is C16H20N6O. The second-order valence-corrected chi connectivity index (χ2v) is 5.57. The number of hydrogen-bond acceptors (Lipinski definition) is 6. The number of anilines is 1. The predicted octanol–water partition coefficient (Wildman–Crippen LogP) is 1.21. The predicted molar refractivity (Wildman–Crippen MR) is 85.6 cm³/mol. The van der Waals surface area contributed by atoms with Gasteiger partial charge in [0.15, 0.2) is 0 Å². The van der Waals surface area contributed by atoms with Crippen LogP contribution in [0, 0.1) is 0 Å². The van der Waals surface area contributed by atoms with Crippen LogP contribution < -0.4 is 5.32 Å². The molecule has 1 aliphatic rings. The number of fused-ring (bicyclic) bond motifs is 1. The molecule has 0 saturated heterocycles. The van der Waals surface area contributed by atoms with Crippen molar-refractivity contribution in [2.75, 3.05) is 11.9 Å². The van der Waals surface area contributed by atoms with E-state index in [4.69, 9.17) is 0 Å². The highest BCUT2D eigenvalue weighted by Gasteiger charge is 2.26. The monoisotopic (exact) mass is 312 g/mol. The lowest BCUT2D eigenvalue weighted by molar-refractivity contribution is -0.121. The molecule has 1 N–H and O–H groups in total. The Bertz CT molecular complexity index is 690. The Hall–Kier alpha value is -2.41. The zero-order valence-electron chi connectivity index (χ0n) is 13.4. The fourth-order valence-electron chi connectivity index (χ4n) is 2.61. The van der Waals surface area contributed by atoms with E-state index in [1.54, 1.807) is 18.5 Å². The van der Waals surface area contributed by atoms with E-state index in [-0.39, 0.29) is 11.9 Å². The number of hydrogen-bond donors (Lipinski definition) is 1. The average molecular weight is 312 g/mol. The van der Waals surface area contributed by atoms with Gasteiger partial charge in [-0.3, -0.25) is 15.0 Å². The summed E-state index contributed by atoms with van der Waals surface area (Å²) in [4.78, 5) is 31.5. The van der Waals surface area contributed by atoms with Gasteiger partial charge in [0.2, 0.25) is 11.9 Å². The van der Waals surface area contributed by atoms with Crippen molar-refractivity contribution in [2.45, 2.75) is 39.3 Å². The second-order valence-electron chi connectivity index (χ2n) is 5.57. The first-order chi connectivity index (χ1) is 11.2. The molecule has 0 saturated carbocycles. The fraction of sp³-hybridized carbons (Fsp3) is 0.438. The number of carbonyl (C=O) groups excluding carboxylic acids is 1. The Morgan fingerprint density at radius 3 is 2.87 bits per heavy atom. The molecule has 0 aromatic carbocycles. The maximum Gasteiger partial charge on any atom is 0.243 e. The molecule has 3 heterocycles. The van der Waals surface area contributed by atoms with Gasteiger partial charge in [-0.25, -0.2) is 19.9 Å². The summed E-state index contributed by atoms with van der Waals surface area (Å²) in [6.07, 6.45) is 6.80. The minimum atomic E-state index is -0.271. The Kier molecular flexibility index (Phi) is 4.57. The van der Waals surface area contributed by atoms with Crippen LogP contribution in [0.5, 0.6) is 0 Å². The van der Waals surface area contributed by atoms with Gasteiger partial charge in [-0.2, -0.15) is 0 Å². The molecular weight excluding hydrogens is 292 g/mol. The first-order valence-electron chi connectivity index (χ1n) is 7.83. The third-order valence-corrected chi connectivity index (χ3v) is 4.07. The summed E-state index contributed by atoms with van der Waals surface area (Å²) in [6, 6.07) is 1.44. The molecule has 0 fully saturated rings. The number of aromatic nitrogens is 4. The number of nitrogens with zero attached hydrogens (tertiary/aromatic N) is 5. The molecule has 0 radical (unpaired) electrons. The van der Waals surface area contributed by atoms with Gasteiger partial charge in [-0.05, 0) is 25.0 Å². The molecule has 0 bridgehead atoms. The maximum atomic E-state index is 12.4. The minimum absolute atomic E-state index is 0.107. The van der Waals surface area contributed by atoms with E-state index >= 15 is 0 Å². The fourth-order valence-corrected chi connectivity index (χ4v) is 2.61. The van der Waals surface area contributed by atoms with Gasteiger partial charge in [0, 0.05) is 38.1 Å². The van der Waals surface area contributed by atoms with Crippen molar-refractivity contribution in [1.29, 1.82) is 0 Å². The number of rotatable bonds is 4. The van der Waals surface area contributed by atoms with Crippen molar-refractivity contribution in [3.63, 3.8) is 0 Å². The van der Waals surface area contributed by atoms with Crippen LogP contribution >= 0.6 is 0 Å². The van der Waals surface area contributed by atoms with Crippen molar-refractivity contribution < 1.29 is 4.79 Å². The van der Waals surface area contributed by atoms with E-state index in [0.29, 0.717) is 12.5 Å². The lowest BCUT2D eigenvalue weighted by Crippen LogP contribution is -2.45. The lowest BCUT2D eigenvalue weighted by Gasteiger charge is -2.32. The van der Waals surface area contributed by atoms with Crippen LogP contribution in [0.3, 0.4) is 0 Å². The van der Waals surface area contributed by atoms with Crippen LogP contribution in [0.2, 0.25) is 0 Å². The van der Waals surface area contributed by atoms with Gasteiger partial charge < -0.3 is 0 Å². The molecule has 7 heteroatoms. The van der Waals surface area contributed by atoms with Crippen LogP contribution in [-0.4, -0.2) is 43.3 Å². The number of carbonyl (C=O) groups is 1. The highest BCUT2D eigenvalue weighted by atomic mass is 16.2. The summed E-state index contributed by atoms with van der Waals surface area (Å²) in [7, 11) is 0. The van der Waals surface area contributed by atoms with Crippen LogP contribution in [-0.2, 0) is 24.2 Å². The number of amides is 1. The van der Waals surface area contributed by atoms with E-state index in [0.717, 1.165) is 30.9 Å². The van der Waals surface area contributed by atoms with Crippen molar-refractivity contribution in [2.24, 2.45) is 0 Å². The smallest absolute Gasteiger partial charge is 0.243 e. The van der Waals surface area contributed by atoms with Crippen LogP contribution in [0.25, 0.3) is 0 Å². The summed E-state index contributed by atoms with van der Waals surface area (Å²) < 4.78 is 0. The van der Waals surface area contributed by atoms with Crippen LogP contribution in [0.1, 0.15) is 30.9 Å². The standard InChI is InChI=1S/C16H20N6O/c1-3-14-19-9-12-5-8-22(10-13(12)20-14)11(2)15(23)21-16-17-6-4-7-18-16/h4,6-7,9,11H,3,5,8,10H2,1-2H3,(H,17,18,21,23)/t11-/m1/s1. The molecule has 0 aliphatic carbocycles. The molecule has 2 aromatic heterocycles. The first-order valence-corrected chi connectivity index (χ1v) is 7.83. The Balaban J connectivity index is 1.68. The molecule has 1 aliphatic heterocycles. The molecule has 3 rings (SSSR count). The summed E-state index contributed by atoms with van der Waals surface area (Å²) in [5, 5.41) is 2.75. The van der Waals surface area contributed by atoms with Gasteiger partial charge in [-0.15, -0.1) is 0 Å². The van der Waals surface area contributed by atoms with Crippen molar-refractivity contribution in [3.8, 4) is 0 Å². The van der Waals surface area contributed by atoms with Crippen molar-refractivity contribution in [3.05, 3.63) is 41.7 Å². The van der Waals surface area contributed by atoms with E-state index in [2.05, 4.69) is 30.2 Å². The zero-order chi connectivity index (χ0) is 16.2. The van der Waals surface area contributed by atoms with Gasteiger partial charge in [0.25, 0.3) is 0 Å². The third-order valence-electron chi connectivity index (χ3n) is 4.07. The topological polar surface area (TPSA) is 83.9 Å². The van der Waals surface area contributed by atoms with Crippen LogP contribution in [0.15, 0.2) is 24.7 Å². The first kappa shape index (κ1) is 15.5. The van der Waals surface area contributed by atoms with Gasteiger partial charge in [0.1, 0.15) is 5.82 Å². The van der Waals surface area contributed by atoms with E-state index < -0.39 is 0 Å². The largest absolute Gasteiger partial charge is 0.293 e. The van der Waals surface area contributed by atoms with Gasteiger partial charge in [-0.1, -0.05) is 6.92 Å². The molecule has 1 amide bonds. The van der Waals surface area contributed by atoms with Gasteiger partial charge >= 0.3 is 0 Å². The Labute approximate surface area is 135 Å². The van der Waals surface area contributed by atoms with Crippen molar-refractivity contribution in [1.82, 2.24) is 24.8 Å². The Morgan fingerprint density at radius 2 is 2.13 bits per heavy atom. The number of nitrogens with one attached hydrogen (secondary N) is 1. The zero-order valence-corrected chi connectivity index (χ0v) is 13.4. The van der Waals surface area contributed by atoms with E-state index in [9.17, 15) is 4.79 Å². The third kappa shape index (κ3) is 3.50. The molecule has 2 aromatic rings. The summed E-state index contributed by atoms with van der Waals surface area (Å²) in [5.74, 6) is 1.07. The molecule has 0 unspecified atom stereocenters. The summed E-state index contributed by atoms with van der Waals surface area (Å²) in [6.45, 7) is 5.41. The SMILES string of the molecule is CCc1ncc2c(n1)CN([C@H](C)C(=O)Nc1ncccn1)CC2. The second kappa shape index (κ2) is 6.78. The molecule has 7 nitrogen and oxygen atoms in total. The average Bonchev–Trinajstić information content (AvgIpc) is 2.60. The van der Waals surface area contributed by atoms with Gasteiger partial charge in [0.05, 0.1) is 11.7 Å².